The molecule has 0 aromatic heterocycles. The Kier molecular flexibility index (Phi) is 7.22. The van der Waals surface area contributed by atoms with Gasteiger partial charge in [0.1, 0.15) is 6.54 Å². The van der Waals surface area contributed by atoms with Crippen molar-refractivity contribution in [2.45, 2.75) is 25.8 Å². The highest BCUT2D eigenvalue weighted by atomic mass is 16.5. The van der Waals surface area contributed by atoms with Gasteiger partial charge in [-0.2, -0.15) is 0 Å². The number of anilines is 2. The van der Waals surface area contributed by atoms with Gasteiger partial charge in [-0.15, -0.1) is 0 Å². The maximum Gasteiger partial charge on any atom is 0.340 e. The number of esters is 1. The number of hydrogen-bond donors (Lipinski definition) is 1. The molecule has 0 spiro atoms. The smallest absolute Gasteiger partial charge is 0.340 e. The van der Waals surface area contributed by atoms with E-state index in [1.807, 2.05) is 11.0 Å². The Morgan fingerprint density at radius 1 is 1.00 bits per heavy atom. The summed E-state index contributed by atoms with van der Waals surface area (Å²) in [6.45, 7) is 3.48. The molecule has 0 aliphatic carbocycles. The maximum atomic E-state index is 12.9. The lowest BCUT2D eigenvalue weighted by Gasteiger charge is -2.35. The molecule has 2 aliphatic rings. The summed E-state index contributed by atoms with van der Waals surface area (Å²) in [5, 5.41) is 2.80. The molecule has 2 aromatic carbocycles. The van der Waals surface area contributed by atoms with Crippen molar-refractivity contribution in [1.82, 2.24) is 9.80 Å². The number of hydrogen-bond acceptors (Lipinski definition) is 6. The number of piperidine rings is 1. The lowest BCUT2D eigenvalue weighted by atomic mass is 10.0. The Balaban J connectivity index is 1.30. The van der Waals surface area contributed by atoms with Crippen molar-refractivity contribution in [1.29, 1.82) is 0 Å². The van der Waals surface area contributed by atoms with E-state index in [1.165, 1.54) is 4.90 Å². The second-order valence-corrected chi connectivity index (χ2v) is 8.30. The second-order valence-electron chi connectivity index (χ2n) is 8.30. The molecule has 0 saturated carbocycles. The van der Waals surface area contributed by atoms with Crippen LogP contribution in [0.25, 0.3) is 0 Å². The van der Waals surface area contributed by atoms with Crippen LogP contribution in [0.15, 0.2) is 54.6 Å². The molecule has 2 heterocycles. The zero-order valence-corrected chi connectivity index (χ0v) is 19.1. The van der Waals surface area contributed by atoms with Crippen LogP contribution in [0.1, 0.15) is 30.1 Å². The fourth-order valence-electron chi connectivity index (χ4n) is 4.40. The van der Waals surface area contributed by atoms with Gasteiger partial charge >= 0.3 is 12.0 Å². The monoisotopic (exact) mass is 464 g/mol. The van der Waals surface area contributed by atoms with Crippen LogP contribution in [-0.4, -0.2) is 72.4 Å². The highest BCUT2D eigenvalue weighted by Crippen LogP contribution is 2.26. The van der Waals surface area contributed by atoms with Gasteiger partial charge in [0.2, 0.25) is 5.91 Å². The molecule has 0 radical (unpaired) electrons. The molecule has 0 unspecified atom stereocenters. The number of imide groups is 1. The number of ether oxygens (including phenoxy) is 1. The SMILES string of the molecule is CCOC(=O)c1ccccc1NC(=O)CN1CCC(N2CC(=O)N(c3ccccc3)C2=O)CC1. The molecule has 178 valence electrons. The summed E-state index contributed by atoms with van der Waals surface area (Å²) in [6, 6.07) is 15.4. The van der Waals surface area contributed by atoms with Crippen molar-refractivity contribution in [3.8, 4) is 0 Å². The summed E-state index contributed by atoms with van der Waals surface area (Å²) in [6.07, 6.45) is 1.35. The van der Waals surface area contributed by atoms with Gasteiger partial charge in [-0.25, -0.2) is 14.5 Å². The highest BCUT2D eigenvalue weighted by Gasteiger charge is 2.41. The van der Waals surface area contributed by atoms with Crippen LogP contribution in [0.4, 0.5) is 16.2 Å². The second kappa shape index (κ2) is 10.5. The minimum Gasteiger partial charge on any atom is -0.462 e. The molecule has 0 bridgehead atoms. The largest absolute Gasteiger partial charge is 0.462 e. The third-order valence-electron chi connectivity index (χ3n) is 6.07. The minimum atomic E-state index is -0.478. The fourth-order valence-corrected chi connectivity index (χ4v) is 4.40. The van der Waals surface area contributed by atoms with E-state index in [0.29, 0.717) is 42.9 Å². The van der Waals surface area contributed by atoms with Crippen LogP contribution >= 0.6 is 0 Å². The molecule has 1 N–H and O–H groups in total. The van der Waals surface area contributed by atoms with Crippen molar-refractivity contribution in [3.63, 3.8) is 0 Å². The standard InChI is InChI=1S/C25H28N4O5/c1-2-34-24(32)20-10-6-7-11-21(20)26-22(30)16-27-14-12-18(13-15-27)28-17-23(31)29(25(28)33)19-8-4-3-5-9-19/h3-11,18H,2,12-17H2,1H3,(H,26,30). The number of para-hydroxylation sites is 2. The first-order chi connectivity index (χ1) is 16.5. The van der Waals surface area contributed by atoms with Crippen molar-refractivity contribution in [2.24, 2.45) is 0 Å². The molecule has 0 atom stereocenters. The predicted octanol–water partition coefficient (Wildman–Crippen LogP) is 2.74. The summed E-state index contributed by atoms with van der Waals surface area (Å²) < 4.78 is 5.05. The zero-order valence-electron chi connectivity index (χ0n) is 19.1. The van der Waals surface area contributed by atoms with Gasteiger partial charge in [0.15, 0.2) is 0 Å². The number of urea groups is 1. The molecule has 2 fully saturated rings. The van der Waals surface area contributed by atoms with E-state index in [-0.39, 0.29) is 43.6 Å². The molecule has 2 aromatic rings. The van der Waals surface area contributed by atoms with Crippen molar-refractivity contribution in [3.05, 3.63) is 60.2 Å². The van der Waals surface area contributed by atoms with E-state index in [1.54, 1.807) is 60.4 Å². The number of nitrogens with zero attached hydrogens (tertiary/aromatic N) is 3. The summed E-state index contributed by atoms with van der Waals surface area (Å²) >= 11 is 0. The summed E-state index contributed by atoms with van der Waals surface area (Å²) in [7, 11) is 0. The van der Waals surface area contributed by atoms with Gasteiger partial charge in [0.05, 0.1) is 30.1 Å². The normalized spacial score (nSPS) is 17.2. The third kappa shape index (κ3) is 5.09. The van der Waals surface area contributed by atoms with Gasteiger partial charge in [-0.05, 0) is 44.0 Å². The Labute approximate surface area is 198 Å². The van der Waals surface area contributed by atoms with Gasteiger partial charge in [0.25, 0.3) is 5.91 Å². The van der Waals surface area contributed by atoms with Crippen LogP contribution < -0.4 is 10.2 Å². The number of carbonyl (C=O) groups excluding carboxylic acids is 4. The Hall–Kier alpha value is -3.72. The van der Waals surface area contributed by atoms with E-state index in [0.717, 1.165) is 0 Å². The van der Waals surface area contributed by atoms with E-state index < -0.39 is 5.97 Å². The molecular formula is C25H28N4O5. The average Bonchev–Trinajstić information content (AvgIpc) is 3.14. The number of carbonyl (C=O) groups is 4. The van der Waals surface area contributed by atoms with E-state index in [2.05, 4.69) is 5.32 Å². The quantitative estimate of drug-likeness (QED) is 0.500. The number of rotatable bonds is 7. The molecule has 34 heavy (non-hydrogen) atoms. The van der Waals surface area contributed by atoms with E-state index in [9.17, 15) is 19.2 Å². The Morgan fingerprint density at radius 3 is 2.38 bits per heavy atom. The molecule has 4 rings (SSSR count). The van der Waals surface area contributed by atoms with Crippen molar-refractivity contribution >= 4 is 35.2 Å². The average molecular weight is 465 g/mol. The van der Waals surface area contributed by atoms with Crippen LogP contribution in [0.3, 0.4) is 0 Å². The number of nitrogens with one attached hydrogen (secondary N) is 1. The van der Waals surface area contributed by atoms with Crippen LogP contribution in [-0.2, 0) is 14.3 Å². The summed E-state index contributed by atoms with van der Waals surface area (Å²) in [5.41, 5.74) is 1.32. The molecular weight excluding hydrogens is 436 g/mol. The topological polar surface area (TPSA) is 99.3 Å². The van der Waals surface area contributed by atoms with Crippen LogP contribution in [0, 0.1) is 0 Å². The molecule has 4 amide bonds. The van der Waals surface area contributed by atoms with Gasteiger partial charge < -0.3 is 15.0 Å². The van der Waals surface area contributed by atoms with Crippen LogP contribution in [0.5, 0.6) is 0 Å². The van der Waals surface area contributed by atoms with E-state index >= 15 is 0 Å². The molecule has 9 heteroatoms. The van der Waals surface area contributed by atoms with Crippen LogP contribution in [0.2, 0.25) is 0 Å². The molecule has 9 nitrogen and oxygen atoms in total. The number of benzene rings is 2. The van der Waals surface area contributed by atoms with Gasteiger partial charge in [-0.1, -0.05) is 30.3 Å². The van der Waals surface area contributed by atoms with Gasteiger partial charge in [0, 0.05) is 19.1 Å². The third-order valence-corrected chi connectivity index (χ3v) is 6.07. The molecule has 2 aliphatic heterocycles. The summed E-state index contributed by atoms with van der Waals surface area (Å²) in [4.78, 5) is 55.1. The zero-order chi connectivity index (χ0) is 24.1. The number of likely N-dealkylation sites (tertiary alicyclic amines) is 1. The van der Waals surface area contributed by atoms with E-state index in [4.69, 9.17) is 4.74 Å². The van der Waals surface area contributed by atoms with Crippen molar-refractivity contribution in [2.75, 3.05) is 43.0 Å². The minimum absolute atomic E-state index is 0.0472. The fraction of sp³-hybridized carbons (Fsp3) is 0.360. The lowest BCUT2D eigenvalue weighted by molar-refractivity contribution is -0.117. The first-order valence-electron chi connectivity index (χ1n) is 11.4. The Bertz CT molecular complexity index is 1070. The summed E-state index contributed by atoms with van der Waals surface area (Å²) in [5.74, 6) is -0.926. The molecule has 2 saturated heterocycles. The Morgan fingerprint density at radius 2 is 1.68 bits per heavy atom. The lowest BCUT2D eigenvalue weighted by Crippen LogP contribution is -2.48. The predicted molar refractivity (Wildman–Crippen MR) is 127 cm³/mol. The number of amides is 4. The first-order valence-corrected chi connectivity index (χ1v) is 11.4. The van der Waals surface area contributed by atoms with Gasteiger partial charge in [-0.3, -0.25) is 14.5 Å². The highest BCUT2D eigenvalue weighted by molar-refractivity contribution is 6.19. The maximum absolute atomic E-state index is 12.9. The van der Waals surface area contributed by atoms with Crippen molar-refractivity contribution < 1.29 is 23.9 Å². The first kappa shape index (κ1) is 23.4.